The molecule has 1 aliphatic rings. The molecule has 0 aromatic heterocycles. The summed E-state index contributed by atoms with van der Waals surface area (Å²) in [5.74, 6) is -1.27. The van der Waals surface area contributed by atoms with Crippen LogP contribution in [0.3, 0.4) is 0 Å². The van der Waals surface area contributed by atoms with Gasteiger partial charge in [-0.2, -0.15) is 0 Å². The van der Waals surface area contributed by atoms with E-state index in [-0.39, 0.29) is 27.9 Å². The first-order valence-electron chi connectivity index (χ1n) is 9.87. The van der Waals surface area contributed by atoms with Crippen LogP contribution in [0.4, 0.5) is 10.5 Å². The highest BCUT2D eigenvalue weighted by Crippen LogP contribution is 2.31. The van der Waals surface area contributed by atoms with Crippen molar-refractivity contribution in [2.45, 2.75) is 6.61 Å². The molecule has 1 saturated heterocycles. The van der Waals surface area contributed by atoms with Gasteiger partial charge in [0.1, 0.15) is 17.9 Å². The Balaban J connectivity index is 1.67. The van der Waals surface area contributed by atoms with Crippen LogP contribution >= 0.6 is 62.3 Å². The summed E-state index contributed by atoms with van der Waals surface area (Å²) in [4.78, 5) is 39.1. The molecule has 1 aliphatic heterocycles. The van der Waals surface area contributed by atoms with Gasteiger partial charge in [0.05, 0.1) is 25.8 Å². The summed E-state index contributed by atoms with van der Waals surface area (Å²) in [6, 6.07) is 13.6. The third kappa shape index (κ3) is 5.66. The van der Waals surface area contributed by atoms with Crippen molar-refractivity contribution in [1.29, 1.82) is 0 Å². The molecular weight excluding hydrogens is 602 g/mol. The van der Waals surface area contributed by atoms with Gasteiger partial charge in [-0.15, -0.1) is 0 Å². The van der Waals surface area contributed by atoms with E-state index in [4.69, 9.17) is 51.1 Å². The fourth-order valence-electron chi connectivity index (χ4n) is 3.23. The number of anilines is 1. The van der Waals surface area contributed by atoms with Gasteiger partial charge in [-0.3, -0.25) is 14.9 Å². The smallest absolute Gasteiger partial charge is 0.335 e. The van der Waals surface area contributed by atoms with E-state index in [2.05, 4.69) is 21.2 Å². The van der Waals surface area contributed by atoms with E-state index in [1.165, 1.54) is 24.3 Å². The summed E-state index contributed by atoms with van der Waals surface area (Å²) in [6.45, 7) is 0.155. The number of carbonyl (C=O) groups excluding carboxylic acids is 3. The fourth-order valence-corrected chi connectivity index (χ4v) is 4.22. The quantitative estimate of drug-likeness (QED) is 0.242. The lowest BCUT2D eigenvalue weighted by Crippen LogP contribution is -2.54. The van der Waals surface area contributed by atoms with Crippen LogP contribution in [-0.4, -0.2) is 17.8 Å². The predicted molar refractivity (Wildman–Crippen MR) is 140 cm³/mol. The van der Waals surface area contributed by atoms with Gasteiger partial charge in [0.2, 0.25) is 0 Å². The van der Waals surface area contributed by atoms with Gasteiger partial charge in [0.25, 0.3) is 11.8 Å². The number of hydrogen-bond acceptors (Lipinski definition) is 4. The molecular formula is C24H13BrCl4N2O4. The number of nitrogens with one attached hydrogen (secondary N) is 1. The molecule has 0 spiro atoms. The number of ether oxygens (including phenoxy) is 1. The highest BCUT2D eigenvalue weighted by Gasteiger charge is 2.37. The van der Waals surface area contributed by atoms with Crippen molar-refractivity contribution in [3.8, 4) is 5.75 Å². The molecule has 4 rings (SSSR count). The van der Waals surface area contributed by atoms with Gasteiger partial charge in [-0.25, -0.2) is 9.69 Å². The number of barbiturate groups is 1. The van der Waals surface area contributed by atoms with E-state index < -0.39 is 17.8 Å². The number of amides is 4. The van der Waals surface area contributed by atoms with Gasteiger partial charge >= 0.3 is 6.03 Å². The topological polar surface area (TPSA) is 75.7 Å². The Labute approximate surface area is 228 Å². The Bertz CT molecular complexity index is 1410. The number of halogens is 5. The number of hydrogen-bond donors (Lipinski definition) is 1. The van der Waals surface area contributed by atoms with Gasteiger partial charge < -0.3 is 4.74 Å². The minimum absolute atomic E-state index is 0.150. The van der Waals surface area contributed by atoms with Crippen molar-refractivity contribution in [3.63, 3.8) is 0 Å². The van der Waals surface area contributed by atoms with E-state index in [0.717, 1.165) is 10.5 Å². The zero-order valence-corrected chi connectivity index (χ0v) is 22.1. The standard InChI is InChI=1S/C24H13BrCl4N2O4/c25-14-2-6-21(35-11-12-1-4-17(26)19(28)7-12)13(8-14)9-16-22(32)30-24(34)31(23(16)33)15-3-5-18(27)20(29)10-15/h1-10H,11H2,(H,30,32,34)/b16-9+. The molecule has 3 aromatic carbocycles. The molecule has 35 heavy (non-hydrogen) atoms. The lowest BCUT2D eigenvalue weighted by molar-refractivity contribution is -0.122. The van der Waals surface area contributed by atoms with Gasteiger partial charge in [0.15, 0.2) is 0 Å². The van der Waals surface area contributed by atoms with Crippen molar-refractivity contribution in [3.05, 3.63) is 95.9 Å². The van der Waals surface area contributed by atoms with Crippen LogP contribution in [0.1, 0.15) is 11.1 Å². The second kappa shape index (κ2) is 10.6. The van der Waals surface area contributed by atoms with Crippen LogP contribution in [0.2, 0.25) is 20.1 Å². The third-order valence-corrected chi connectivity index (χ3v) is 6.88. The highest BCUT2D eigenvalue weighted by molar-refractivity contribution is 9.10. The summed E-state index contributed by atoms with van der Waals surface area (Å²) in [5, 5.41) is 3.39. The Kier molecular flexibility index (Phi) is 7.73. The molecule has 0 bridgehead atoms. The average Bonchev–Trinajstić information content (AvgIpc) is 2.80. The van der Waals surface area contributed by atoms with E-state index in [1.54, 1.807) is 36.4 Å². The molecule has 1 N–H and O–H groups in total. The lowest BCUT2D eigenvalue weighted by Gasteiger charge is -2.26. The van der Waals surface area contributed by atoms with Crippen molar-refractivity contribution in [1.82, 2.24) is 5.32 Å². The first-order chi connectivity index (χ1) is 16.6. The maximum absolute atomic E-state index is 13.2. The minimum Gasteiger partial charge on any atom is -0.488 e. The maximum atomic E-state index is 13.2. The minimum atomic E-state index is -0.902. The first-order valence-corrected chi connectivity index (χ1v) is 12.2. The van der Waals surface area contributed by atoms with Crippen LogP contribution in [-0.2, 0) is 16.2 Å². The summed E-state index contributed by atoms with van der Waals surface area (Å²) in [7, 11) is 0. The maximum Gasteiger partial charge on any atom is 0.335 e. The van der Waals surface area contributed by atoms with E-state index in [0.29, 0.717) is 25.8 Å². The summed E-state index contributed by atoms with van der Waals surface area (Å²) in [5.41, 5.74) is 1.09. The largest absolute Gasteiger partial charge is 0.488 e. The number of carbonyl (C=O) groups is 3. The molecule has 11 heteroatoms. The molecule has 4 amide bonds. The zero-order valence-electron chi connectivity index (χ0n) is 17.5. The molecule has 0 saturated carbocycles. The van der Waals surface area contributed by atoms with Crippen molar-refractivity contribution >= 4 is 91.9 Å². The Morgan fingerprint density at radius 1 is 0.857 bits per heavy atom. The number of urea groups is 1. The molecule has 1 heterocycles. The Morgan fingerprint density at radius 2 is 1.54 bits per heavy atom. The Hall–Kier alpha value is -2.55. The first kappa shape index (κ1) is 25.5. The third-order valence-electron chi connectivity index (χ3n) is 4.91. The van der Waals surface area contributed by atoms with Gasteiger partial charge in [-0.05, 0) is 60.2 Å². The lowest BCUT2D eigenvalue weighted by atomic mass is 10.1. The van der Waals surface area contributed by atoms with Crippen LogP contribution in [0.5, 0.6) is 5.75 Å². The number of nitrogens with zero attached hydrogens (tertiary/aromatic N) is 1. The number of imide groups is 2. The molecule has 0 atom stereocenters. The van der Waals surface area contributed by atoms with E-state index >= 15 is 0 Å². The van der Waals surface area contributed by atoms with Crippen LogP contribution < -0.4 is 15.0 Å². The van der Waals surface area contributed by atoms with Crippen molar-refractivity contribution in [2.24, 2.45) is 0 Å². The normalized spacial score (nSPS) is 14.9. The number of rotatable bonds is 5. The Morgan fingerprint density at radius 3 is 2.23 bits per heavy atom. The van der Waals surface area contributed by atoms with Crippen LogP contribution in [0.25, 0.3) is 6.08 Å². The molecule has 178 valence electrons. The summed E-state index contributed by atoms with van der Waals surface area (Å²) in [6.07, 6.45) is 1.35. The van der Waals surface area contributed by atoms with E-state index in [1.807, 2.05) is 0 Å². The van der Waals surface area contributed by atoms with Crippen LogP contribution in [0, 0.1) is 0 Å². The predicted octanol–water partition coefficient (Wildman–Crippen LogP) is 7.31. The molecule has 0 unspecified atom stereocenters. The summed E-state index contributed by atoms with van der Waals surface area (Å²) < 4.78 is 6.61. The molecule has 0 radical (unpaired) electrons. The summed E-state index contributed by atoms with van der Waals surface area (Å²) >= 11 is 27.4. The molecule has 6 nitrogen and oxygen atoms in total. The molecule has 0 aliphatic carbocycles. The second-order valence-corrected chi connectivity index (χ2v) is 9.82. The average molecular weight is 615 g/mol. The highest BCUT2D eigenvalue weighted by atomic mass is 79.9. The van der Waals surface area contributed by atoms with Crippen molar-refractivity contribution in [2.75, 3.05) is 4.90 Å². The monoisotopic (exact) mass is 612 g/mol. The molecule has 3 aromatic rings. The van der Waals surface area contributed by atoms with Crippen LogP contribution in [0.15, 0.2) is 64.6 Å². The number of benzene rings is 3. The molecule has 1 fully saturated rings. The zero-order chi connectivity index (χ0) is 25.3. The van der Waals surface area contributed by atoms with E-state index in [9.17, 15) is 14.4 Å². The van der Waals surface area contributed by atoms with Crippen molar-refractivity contribution < 1.29 is 19.1 Å². The van der Waals surface area contributed by atoms with Gasteiger partial charge in [0, 0.05) is 10.0 Å². The SMILES string of the molecule is O=C1NC(=O)N(c2ccc(Cl)c(Cl)c2)C(=O)/C1=C/c1cc(Br)ccc1OCc1ccc(Cl)c(Cl)c1. The van der Waals surface area contributed by atoms with Gasteiger partial charge in [-0.1, -0.05) is 68.4 Å². The fraction of sp³-hybridized carbons (Fsp3) is 0.0417. The second-order valence-electron chi connectivity index (χ2n) is 7.28.